The number of hydrogen-bond donors (Lipinski definition) is 2. The Morgan fingerprint density at radius 3 is 2.63 bits per heavy atom. The maximum Gasteiger partial charge on any atom is 0.224 e. The van der Waals surface area contributed by atoms with Gasteiger partial charge in [0.05, 0.1) is 13.2 Å². The summed E-state index contributed by atoms with van der Waals surface area (Å²) < 4.78 is 11.5. The van der Waals surface area contributed by atoms with Crippen molar-refractivity contribution in [2.24, 2.45) is 11.8 Å². The molecule has 1 aromatic carbocycles. The van der Waals surface area contributed by atoms with Crippen LogP contribution in [0.4, 0.5) is 5.69 Å². The van der Waals surface area contributed by atoms with Gasteiger partial charge in [-0.1, -0.05) is 6.92 Å². The van der Waals surface area contributed by atoms with E-state index in [2.05, 4.69) is 17.6 Å². The molecule has 2 fully saturated rings. The van der Waals surface area contributed by atoms with Crippen molar-refractivity contribution < 1.29 is 14.3 Å². The highest BCUT2D eigenvalue weighted by Crippen LogP contribution is 2.27. The summed E-state index contributed by atoms with van der Waals surface area (Å²) in [5.74, 6) is 2.08. The molecule has 0 spiro atoms. The third-order valence-electron chi connectivity index (χ3n) is 5.62. The number of ether oxygens (including phenoxy) is 2. The molecule has 0 aliphatic carbocycles. The van der Waals surface area contributed by atoms with E-state index in [4.69, 9.17) is 9.47 Å². The van der Waals surface area contributed by atoms with E-state index >= 15 is 0 Å². The molecule has 152 valence electrons. The van der Waals surface area contributed by atoms with Crippen molar-refractivity contribution >= 4 is 24.0 Å². The van der Waals surface area contributed by atoms with Crippen molar-refractivity contribution in [1.29, 1.82) is 0 Å². The minimum absolute atomic E-state index is 0. The number of carbonyl (C=O) groups is 1. The quantitative estimate of drug-likeness (QED) is 0.764. The molecule has 3 rings (SSSR count). The zero-order valence-corrected chi connectivity index (χ0v) is 17.3. The molecule has 2 heterocycles. The number of hydrogen-bond acceptors (Lipinski definition) is 4. The first-order chi connectivity index (χ1) is 12.6. The molecule has 0 aromatic heterocycles. The molecule has 1 amide bonds. The van der Waals surface area contributed by atoms with Crippen LogP contribution in [0.2, 0.25) is 0 Å². The molecule has 0 bridgehead atoms. The lowest BCUT2D eigenvalue weighted by molar-refractivity contribution is -0.117. The van der Waals surface area contributed by atoms with Gasteiger partial charge in [0.25, 0.3) is 0 Å². The minimum atomic E-state index is 0. The van der Waals surface area contributed by atoms with Gasteiger partial charge in [-0.15, -0.1) is 12.4 Å². The van der Waals surface area contributed by atoms with Crippen molar-refractivity contribution in [1.82, 2.24) is 5.32 Å². The van der Waals surface area contributed by atoms with Gasteiger partial charge in [0.15, 0.2) is 0 Å². The molecular formula is C21H33ClN2O3. The molecule has 1 atom stereocenters. The van der Waals surface area contributed by atoms with Crippen LogP contribution in [-0.2, 0) is 9.53 Å². The Bertz CT molecular complexity index is 599. The number of carbonyl (C=O) groups excluding carboxylic acids is 1. The van der Waals surface area contributed by atoms with Gasteiger partial charge in [-0.05, 0) is 68.5 Å². The monoisotopic (exact) mass is 396 g/mol. The topological polar surface area (TPSA) is 59.6 Å². The van der Waals surface area contributed by atoms with Crippen LogP contribution < -0.4 is 15.4 Å². The summed E-state index contributed by atoms with van der Waals surface area (Å²) in [6.45, 7) is 7.92. The fourth-order valence-electron chi connectivity index (χ4n) is 3.92. The van der Waals surface area contributed by atoms with E-state index in [1.807, 2.05) is 25.1 Å². The fraction of sp³-hybridized carbons (Fsp3) is 0.667. The predicted octanol–water partition coefficient (Wildman–Crippen LogP) is 3.94. The Labute approximate surface area is 169 Å². The summed E-state index contributed by atoms with van der Waals surface area (Å²) in [4.78, 5) is 12.4. The molecule has 0 radical (unpaired) electrons. The van der Waals surface area contributed by atoms with E-state index in [0.717, 1.165) is 56.1 Å². The molecule has 0 saturated carbocycles. The predicted molar refractivity (Wildman–Crippen MR) is 111 cm³/mol. The van der Waals surface area contributed by atoms with Crippen molar-refractivity contribution in [3.8, 4) is 5.75 Å². The molecule has 6 heteroatoms. The van der Waals surface area contributed by atoms with Crippen LogP contribution in [0.3, 0.4) is 0 Å². The number of halogens is 1. The van der Waals surface area contributed by atoms with Gasteiger partial charge in [-0.25, -0.2) is 0 Å². The maximum absolute atomic E-state index is 12.4. The highest BCUT2D eigenvalue weighted by atomic mass is 35.5. The summed E-state index contributed by atoms with van der Waals surface area (Å²) in [6, 6.07) is 5.91. The van der Waals surface area contributed by atoms with E-state index < -0.39 is 0 Å². The zero-order valence-electron chi connectivity index (χ0n) is 16.5. The van der Waals surface area contributed by atoms with Gasteiger partial charge in [0.2, 0.25) is 5.91 Å². The number of anilines is 1. The second kappa shape index (κ2) is 10.9. The van der Waals surface area contributed by atoms with Crippen LogP contribution in [0.1, 0.15) is 44.6 Å². The SMILES string of the molecule is Cc1cc(NC(=O)CC(C)C2CCNCC2)ccc1OC1CCOCC1.Cl. The van der Waals surface area contributed by atoms with Gasteiger partial charge in [0, 0.05) is 24.9 Å². The smallest absolute Gasteiger partial charge is 0.224 e. The number of nitrogens with one attached hydrogen (secondary N) is 2. The summed E-state index contributed by atoms with van der Waals surface area (Å²) in [6.07, 6.45) is 5.04. The van der Waals surface area contributed by atoms with Crippen LogP contribution in [-0.4, -0.2) is 38.3 Å². The highest BCUT2D eigenvalue weighted by molar-refractivity contribution is 5.91. The molecule has 27 heavy (non-hydrogen) atoms. The van der Waals surface area contributed by atoms with Crippen molar-refractivity contribution in [2.75, 3.05) is 31.6 Å². The molecule has 1 unspecified atom stereocenters. The Kier molecular flexibility index (Phi) is 8.87. The largest absolute Gasteiger partial charge is 0.490 e. The van der Waals surface area contributed by atoms with E-state index in [1.165, 1.54) is 12.8 Å². The summed E-state index contributed by atoms with van der Waals surface area (Å²) >= 11 is 0. The lowest BCUT2D eigenvalue weighted by atomic mass is 9.84. The number of piperidine rings is 1. The van der Waals surface area contributed by atoms with Crippen molar-refractivity contribution in [3.63, 3.8) is 0 Å². The first kappa shape index (κ1) is 22.0. The maximum atomic E-state index is 12.4. The van der Waals surface area contributed by atoms with E-state index in [-0.39, 0.29) is 24.4 Å². The number of aryl methyl sites for hydroxylation is 1. The van der Waals surface area contributed by atoms with Crippen molar-refractivity contribution in [3.05, 3.63) is 23.8 Å². The van der Waals surface area contributed by atoms with Crippen molar-refractivity contribution in [2.45, 2.75) is 52.1 Å². The molecule has 2 N–H and O–H groups in total. The average molecular weight is 397 g/mol. The van der Waals surface area contributed by atoms with Gasteiger partial charge < -0.3 is 20.1 Å². The Morgan fingerprint density at radius 1 is 1.26 bits per heavy atom. The third-order valence-corrected chi connectivity index (χ3v) is 5.62. The van der Waals surface area contributed by atoms with Crippen LogP contribution >= 0.6 is 12.4 Å². The highest BCUT2D eigenvalue weighted by Gasteiger charge is 2.22. The van der Waals surface area contributed by atoms with Crippen LogP contribution in [0, 0.1) is 18.8 Å². The lowest BCUT2D eigenvalue weighted by Crippen LogP contribution is -2.32. The molecule has 1 aromatic rings. The Hall–Kier alpha value is -1.30. The van der Waals surface area contributed by atoms with E-state index in [9.17, 15) is 4.79 Å². The van der Waals surface area contributed by atoms with Gasteiger partial charge in [-0.2, -0.15) is 0 Å². The molecule has 2 aliphatic heterocycles. The zero-order chi connectivity index (χ0) is 18.4. The second-order valence-electron chi connectivity index (χ2n) is 7.73. The summed E-state index contributed by atoms with van der Waals surface area (Å²) in [7, 11) is 0. The molecule has 5 nitrogen and oxygen atoms in total. The number of rotatable bonds is 6. The number of benzene rings is 1. The first-order valence-electron chi connectivity index (χ1n) is 9.97. The summed E-state index contributed by atoms with van der Waals surface area (Å²) in [5, 5.41) is 6.44. The van der Waals surface area contributed by atoms with E-state index in [0.29, 0.717) is 18.3 Å². The third kappa shape index (κ3) is 6.66. The van der Waals surface area contributed by atoms with Gasteiger partial charge in [0.1, 0.15) is 11.9 Å². The van der Waals surface area contributed by atoms with Crippen LogP contribution in [0.5, 0.6) is 5.75 Å². The average Bonchev–Trinajstić information content (AvgIpc) is 2.65. The van der Waals surface area contributed by atoms with Gasteiger partial charge >= 0.3 is 0 Å². The van der Waals surface area contributed by atoms with E-state index in [1.54, 1.807) is 0 Å². The van der Waals surface area contributed by atoms with Gasteiger partial charge in [-0.3, -0.25) is 4.79 Å². The first-order valence-corrected chi connectivity index (χ1v) is 9.97. The molecule has 2 saturated heterocycles. The standard InChI is InChI=1S/C21H32N2O3.ClH/c1-15(17-5-9-22-10-6-17)14-21(24)23-18-3-4-20(16(2)13-18)26-19-7-11-25-12-8-19;/h3-4,13,15,17,19,22H,5-12,14H2,1-2H3,(H,23,24);1H. The fourth-order valence-corrected chi connectivity index (χ4v) is 3.92. The second-order valence-corrected chi connectivity index (χ2v) is 7.73. The summed E-state index contributed by atoms with van der Waals surface area (Å²) in [5.41, 5.74) is 1.91. The molecular weight excluding hydrogens is 364 g/mol. The van der Waals surface area contributed by atoms with Crippen LogP contribution in [0.15, 0.2) is 18.2 Å². The molecule has 2 aliphatic rings. The lowest BCUT2D eigenvalue weighted by Gasteiger charge is -2.28. The van der Waals surface area contributed by atoms with Crippen LogP contribution in [0.25, 0.3) is 0 Å². The Morgan fingerprint density at radius 2 is 1.96 bits per heavy atom. The normalized spacial score (nSPS) is 19.8. The minimum Gasteiger partial charge on any atom is -0.490 e. The Balaban J connectivity index is 0.00000261. The number of amides is 1.